The monoisotopic (exact) mass is 195 g/mol. The highest BCUT2D eigenvalue weighted by molar-refractivity contribution is 5.23. The summed E-state index contributed by atoms with van der Waals surface area (Å²) in [6.45, 7) is 0.808. The van der Waals surface area contributed by atoms with E-state index in [-0.39, 0.29) is 6.07 Å². The lowest BCUT2D eigenvalue weighted by Crippen LogP contribution is -2.04. The van der Waals surface area contributed by atoms with Crippen molar-refractivity contribution in [3.63, 3.8) is 0 Å². The number of hydrogen-bond donors (Lipinski definition) is 1. The maximum Gasteiger partial charge on any atom is 0.197 e. The van der Waals surface area contributed by atoms with Crippen LogP contribution in [0.15, 0.2) is 6.07 Å². The van der Waals surface area contributed by atoms with Gasteiger partial charge in [0.1, 0.15) is 0 Å². The molecule has 1 aromatic carbocycles. The zero-order chi connectivity index (χ0) is 11.1. The van der Waals surface area contributed by atoms with E-state index < -0.39 is 34.9 Å². The maximum absolute atomic E-state index is 12.9. The largest absolute Gasteiger partial charge is 0.389 e. The quantitative estimate of drug-likeness (QED) is 0.414. The highest BCUT2D eigenvalue weighted by atomic mass is 19.2. The summed E-state index contributed by atoms with van der Waals surface area (Å²) in [5.74, 6) is -7.40. The summed E-state index contributed by atoms with van der Waals surface area (Å²) < 4.78 is 57.4. The highest BCUT2D eigenvalue weighted by Gasteiger charge is 2.20. The number of benzene rings is 1. The lowest BCUT2D eigenvalue weighted by atomic mass is 10.1. The van der Waals surface area contributed by atoms with E-state index in [9.17, 15) is 17.6 Å². The van der Waals surface area contributed by atoms with E-state index >= 15 is 0 Å². The lowest BCUT2D eigenvalue weighted by molar-refractivity contribution is 0.191. The van der Waals surface area contributed by atoms with Crippen LogP contribution in [0.25, 0.3) is 0 Å². The van der Waals surface area contributed by atoms with Crippen LogP contribution in [0.1, 0.15) is 19.9 Å². The Morgan fingerprint density at radius 2 is 1.77 bits per heavy atom. The Bertz CT molecular complexity index is 373. The van der Waals surface area contributed by atoms with Gasteiger partial charge in [0.15, 0.2) is 23.3 Å². The molecule has 0 aliphatic heterocycles. The maximum atomic E-state index is 12.9. The lowest BCUT2D eigenvalue weighted by Gasteiger charge is -2.07. The van der Waals surface area contributed by atoms with Gasteiger partial charge < -0.3 is 5.11 Å². The van der Waals surface area contributed by atoms with Crippen LogP contribution < -0.4 is 0 Å². The van der Waals surface area contributed by atoms with Crippen molar-refractivity contribution in [2.75, 3.05) is 0 Å². The molecule has 5 heteroatoms. The average Bonchev–Trinajstić information content (AvgIpc) is 2.06. The average molecular weight is 195 g/mol. The van der Waals surface area contributed by atoms with Gasteiger partial charge in [0.05, 0.1) is 7.45 Å². The Kier molecular flexibility index (Phi) is 2.18. The van der Waals surface area contributed by atoms with E-state index in [1.807, 2.05) is 0 Å². The molecule has 0 bridgehead atoms. The Morgan fingerprint density at radius 3 is 2.23 bits per heavy atom. The van der Waals surface area contributed by atoms with Gasteiger partial charge in [-0.25, -0.2) is 17.6 Å². The normalized spacial score (nSPS) is 16.6. The van der Waals surface area contributed by atoms with Gasteiger partial charge in [0, 0.05) is 5.56 Å². The standard InChI is InChI=1S/C8H6F4O/c1-3(13)4-2-5(9)7(11)8(12)6(4)10/h2-3,13H,1H3/i3D. The molecule has 1 nitrogen and oxygen atoms in total. The molecule has 1 atom stereocenters. The molecule has 0 amide bonds. The van der Waals surface area contributed by atoms with Gasteiger partial charge in [0.25, 0.3) is 0 Å². The molecular formula is C8H6F4O. The van der Waals surface area contributed by atoms with Gasteiger partial charge in [0.2, 0.25) is 0 Å². The smallest absolute Gasteiger partial charge is 0.197 e. The summed E-state index contributed by atoms with van der Waals surface area (Å²) in [7, 11) is 0. The summed E-state index contributed by atoms with van der Waals surface area (Å²) in [6, 6.07) is 0.251. The van der Waals surface area contributed by atoms with Crippen molar-refractivity contribution in [1.29, 1.82) is 0 Å². The third kappa shape index (κ3) is 1.65. The first-order chi connectivity index (χ1) is 6.25. The fourth-order valence-electron chi connectivity index (χ4n) is 0.836. The van der Waals surface area contributed by atoms with Crippen LogP contribution in [-0.4, -0.2) is 5.11 Å². The second-order valence-corrected chi connectivity index (χ2v) is 2.43. The van der Waals surface area contributed by atoms with Crippen LogP contribution in [0.4, 0.5) is 17.6 Å². The number of rotatable bonds is 1. The molecule has 72 valence electrons. The summed E-state index contributed by atoms with van der Waals surface area (Å²) >= 11 is 0. The summed E-state index contributed by atoms with van der Waals surface area (Å²) in [6.07, 6.45) is -2.51. The summed E-state index contributed by atoms with van der Waals surface area (Å²) in [5.41, 5.74) is -0.950. The Morgan fingerprint density at radius 1 is 1.23 bits per heavy atom. The van der Waals surface area contributed by atoms with Crippen molar-refractivity contribution < 1.29 is 24.0 Å². The van der Waals surface area contributed by atoms with Crippen molar-refractivity contribution in [1.82, 2.24) is 0 Å². The molecule has 0 radical (unpaired) electrons. The zero-order valence-electron chi connectivity index (χ0n) is 7.54. The first-order valence-electron chi connectivity index (χ1n) is 3.81. The van der Waals surface area contributed by atoms with Crippen LogP contribution in [0.5, 0.6) is 0 Å². The van der Waals surface area contributed by atoms with E-state index in [0.717, 1.165) is 6.92 Å². The molecule has 0 aliphatic rings. The number of aliphatic hydroxyl groups is 1. The molecule has 0 fully saturated rings. The minimum absolute atomic E-state index is 0.251. The van der Waals surface area contributed by atoms with Gasteiger partial charge in [-0.3, -0.25) is 0 Å². The van der Waals surface area contributed by atoms with E-state index in [4.69, 9.17) is 6.48 Å². The first-order valence-corrected chi connectivity index (χ1v) is 3.31. The Hall–Kier alpha value is -1.10. The summed E-state index contributed by atoms with van der Waals surface area (Å²) in [4.78, 5) is 0. The zero-order valence-corrected chi connectivity index (χ0v) is 6.54. The van der Waals surface area contributed by atoms with Crippen molar-refractivity contribution in [3.05, 3.63) is 34.9 Å². The highest BCUT2D eigenvalue weighted by Crippen LogP contribution is 2.23. The molecule has 0 heterocycles. The molecule has 0 aromatic heterocycles. The van der Waals surface area contributed by atoms with Crippen molar-refractivity contribution in [2.24, 2.45) is 0 Å². The van der Waals surface area contributed by atoms with Crippen molar-refractivity contribution >= 4 is 0 Å². The fourth-order valence-corrected chi connectivity index (χ4v) is 0.836. The van der Waals surface area contributed by atoms with E-state index in [1.165, 1.54) is 0 Å². The molecule has 0 saturated heterocycles. The minimum atomic E-state index is -2.51. The molecule has 1 rings (SSSR count). The molecule has 1 aromatic rings. The van der Waals surface area contributed by atoms with Crippen LogP contribution in [0.3, 0.4) is 0 Å². The minimum Gasteiger partial charge on any atom is -0.389 e. The molecular weight excluding hydrogens is 188 g/mol. The topological polar surface area (TPSA) is 20.2 Å². The van der Waals surface area contributed by atoms with Crippen LogP contribution in [0, 0.1) is 23.3 Å². The van der Waals surface area contributed by atoms with Crippen LogP contribution in [0.2, 0.25) is 0 Å². The van der Waals surface area contributed by atoms with Crippen molar-refractivity contribution in [2.45, 2.75) is 13.0 Å². The van der Waals surface area contributed by atoms with E-state index in [1.54, 1.807) is 0 Å². The predicted molar refractivity (Wildman–Crippen MR) is 36.9 cm³/mol. The van der Waals surface area contributed by atoms with Crippen LogP contribution in [-0.2, 0) is 0 Å². The summed E-state index contributed by atoms with van der Waals surface area (Å²) in [5, 5.41) is 8.98. The first kappa shape index (κ1) is 8.50. The Labute approximate surface area is 73.0 Å². The Balaban J connectivity index is 3.49. The molecule has 13 heavy (non-hydrogen) atoms. The van der Waals surface area contributed by atoms with Crippen molar-refractivity contribution in [3.8, 4) is 0 Å². The molecule has 1 N–H and O–H groups in total. The second kappa shape index (κ2) is 3.33. The third-order valence-corrected chi connectivity index (χ3v) is 1.49. The molecule has 0 aliphatic carbocycles. The fraction of sp³-hybridized carbons (Fsp3) is 0.250. The van der Waals surface area contributed by atoms with Gasteiger partial charge in [-0.15, -0.1) is 0 Å². The predicted octanol–water partition coefficient (Wildman–Crippen LogP) is 2.30. The second-order valence-electron chi connectivity index (χ2n) is 2.43. The SMILES string of the molecule is [2H]C(C)(O)c1cc(F)c(F)c(F)c1F. The van der Waals surface area contributed by atoms with E-state index in [2.05, 4.69) is 0 Å². The molecule has 0 spiro atoms. The number of halogens is 4. The van der Waals surface area contributed by atoms with Crippen LogP contribution >= 0.6 is 0 Å². The van der Waals surface area contributed by atoms with E-state index in [0.29, 0.717) is 0 Å². The number of hydrogen-bond acceptors (Lipinski definition) is 1. The van der Waals surface area contributed by atoms with Gasteiger partial charge >= 0.3 is 0 Å². The van der Waals surface area contributed by atoms with Gasteiger partial charge in [-0.05, 0) is 13.0 Å². The third-order valence-electron chi connectivity index (χ3n) is 1.49. The van der Waals surface area contributed by atoms with Gasteiger partial charge in [-0.2, -0.15) is 0 Å². The molecule has 1 unspecified atom stereocenters. The molecule has 0 saturated carbocycles. The van der Waals surface area contributed by atoms with Gasteiger partial charge in [-0.1, -0.05) is 0 Å².